The second kappa shape index (κ2) is 8.47. The summed E-state index contributed by atoms with van der Waals surface area (Å²) in [6, 6.07) is 5.29. The zero-order chi connectivity index (χ0) is 14.1. The minimum atomic E-state index is -0.123. The molecule has 0 aliphatic carbocycles. The van der Waals surface area contributed by atoms with E-state index in [9.17, 15) is 4.79 Å². The molecule has 0 saturated carbocycles. The summed E-state index contributed by atoms with van der Waals surface area (Å²) in [4.78, 5) is 11.8. The van der Waals surface area contributed by atoms with E-state index in [1.54, 1.807) is 25.3 Å². The van der Waals surface area contributed by atoms with Gasteiger partial charge in [0.1, 0.15) is 0 Å². The Balaban J connectivity index is 2.35. The van der Waals surface area contributed by atoms with Crippen molar-refractivity contribution in [3.05, 3.63) is 29.3 Å². The number of rotatable bonds is 8. The van der Waals surface area contributed by atoms with E-state index in [4.69, 9.17) is 15.3 Å². The lowest BCUT2D eigenvalue weighted by molar-refractivity contribution is 0.0692. The van der Waals surface area contributed by atoms with Gasteiger partial charge in [-0.05, 0) is 30.7 Å². The van der Waals surface area contributed by atoms with Crippen molar-refractivity contribution in [2.45, 2.75) is 6.92 Å². The molecule has 0 spiro atoms. The van der Waals surface area contributed by atoms with Gasteiger partial charge in [-0.15, -0.1) is 0 Å². The minimum absolute atomic E-state index is 0.123. The number of carbonyl (C=O) groups is 1. The highest BCUT2D eigenvalue weighted by Gasteiger charge is 2.06. The van der Waals surface area contributed by atoms with E-state index in [0.717, 1.165) is 11.3 Å². The summed E-state index contributed by atoms with van der Waals surface area (Å²) in [5, 5.41) is 2.78. The number of amides is 1. The first-order chi connectivity index (χ1) is 9.19. The molecular weight excluding hydrogens is 246 g/mol. The first kappa shape index (κ1) is 15.4. The molecule has 0 aliphatic rings. The van der Waals surface area contributed by atoms with Crippen molar-refractivity contribution in [3.63, 3.8) is 0 Å². The van der Waals surface area contributed by atoms with E-state index in [1.165, 1.54) is 0 Å². The van der Waals surface area contributed by atoms with Gasteiger partial charge >= 0.3 is 0 Å². The molecule has 1 amide bonds. The Morgan fingerprint density at radius 3 is 2.74 bits per heavy atom. The second-order valence-electron chi connectivity index (χ2n) is 4.04. The third-order valence-corrected chi connectivity index (χ3v) is 2.61. The van der Waals surface area contributed by atoms with E-state index >= 15 is 0 Å². The van der Waals surface area contributed by atoms with Gasteiger partial charge in [0.25, 0.3) is 5.91 Å². The van der Waals surface area contributed by atoms with Crippen LogP contribution < -0.4 is 16.6 Å². The van der Waals surface area contributed by atoms with E-state index in [2.05, 4.69) is 10.7 Å². The molecule has 1 aromatic rings. The number of aryl methyl sites for hydroxylation is 1. The van der Waals surface area contributed by atoms with Crippen molar-refractivity contribution in [1.29, 1.82) is 0 Å². The molecule has 0 saturated heterocycles. The summed E-state index contributed by atoms with van der Waals surface area (Å²) in [6.07, 6.45) is 0. The number of hydrogen-bond donors (Lipinski definition) is 3. The number of nitrogens with two attached hydrogens (primary N) is 1. The van der Waals surface area contributed by atoms with E-state index < -0.39 is 0 Å². The Labute approximate surface area is 113 Å². The molecule has 0 bridgehead atoms. The molecule has 0 heterocycles. The molecule has 6 heteroatoms. The van der Waals surface area contributed by atoms with Crippen LogP contribution >= 0.6 is 0 Å². The third-order valence-electron chi connectivity index (χ3n) is 2.61. The van der Waals surface area contributed by atoms with E-state index in [1.807, 2.05) is 6.92 Å². The molecule has 0 unspecified atom stereocenters. The van der Waals surface area contributed by atoms with Gasteiger partial charge in [0.15, 0.2) is 0 Å². The van der Waals surface area contributed by atoms with Crippen LogP contribution in [-0.2, 0) is 9.47 Å². The number of carbonyl (C=O) groups excluding carboxylic acids is 1. The maximum atomic E-state index is 11.8. The summed E-state index contributed by atoms with van der Waals surface area (Å²) >= 11 is 0. The van der Waals surface area contributed by atoms with Crippen LogP contribution in [0.1, 0.15) is 15.9 Å². The molecule has 0 aromatic heterocycles. The van der Waals surface area contributed by atoms with Crippen LogP contribution in [0.25, 0.3) is 0 Å². The van der Waals surface area contributed by atoms with Gasteiger partial charge in [-0.3, -0.25) is 10.6 Å². The van der Waals surface area contributed by atoms with Crippen LogP contribution in [0.5, 0.6) is 0 Å². The molecule has 0 aliphatic heterocycles. The van der Waals surface area contributed by atoms with Gasteiger partial charge in [0.2, 0.25) is 0 Å². The number of ether oxygens (including phenoxy) is 2. The smallest absolute Gasteiger partial charge is 0.251 e. The van der Waals surface area contributed by atoms with Gasteiger partial charge in [0.05, 0.1) is 25.5 Å². The second-order valence-corrected chi connectivity index (χ2v) is 4.04. The topological polar surface area (TPSA) is 85.6 Å². The summed E-state index contributed by atoms with van der Waals surface area (Å²) in [6.45, 7) is 3.91. The van der Waals surface area contributed by atoms with Crippen LogP contribution in [0.3, 0.4) is 0 Å². The van der Waals surface area contributed by atoms with E-state index in [-0.39, 0.29) is 5.91 Å². The zero-order valence-electron chi connectivity index (χ0n) is 11.4. The lowest BCUT2D eigenvalue weighted by Gasteiger charge is -2.09. The van der Waals surface area contributed by atoms with Gasteiger partial charge < -0.3 is 20.2 Å². The first-order valence-electron chi connectivity index (χ1n) is 6.11. The number of nitrogens with one attached hydrogen (secondary N) is 2. The molecule has 0 radical (unpaired) electrons. The number of benzene rings is 1. The fourth-order valence-corrected chi connectivity index (χ4v) is 1.55. The van der Waals surface area contributed by atoms with Crippen molar-refractivity contribution in [1.82, 2.24) is 5.32 Å². The number of nitrogen functional groups attached to an aromatic ring is 1. The van der Waals surface area contributed by atoms with Gasteiger partial charge in [-0.1, -0.05) is 0 Å². The molecule has 1 rings (SSSR count). The average molecular weight is 267 g/mol. The average Bonchev–Trinajstić information content (AvgIpc) is 2.42. The number of hydrogen-bond acceptors (Lipinski definition) is 5. The predicted molar refractivity (Wildman–Crippen MR) is 74.0 cm³/mol. The van der Waals surface area contributed by atoms with Crippen LogP contribution in [0.2, 0.25) is 0 Å². The van der Waals surface area contributed by atoms with Crippen molar-refractivity contribution in [2.24, 2.45) is 5.84 Å². The molecule has 106 valence electrons. The minimum Gasteiger partial charge on any atom is -0.382 e. The Kier molecular flexibility index (Phi) is 6.88. The monoisotopic (exact) mass is 267 g/mol. The van der Waals surface area contributed by atoms with Crippen LogP contribution in [0.15, 0.2) is 18.2 Å². The van der Waals surface area contributed by atoms with E-state index in [0.29, 0.717) is 31.9 Å². The van der Waals surface area contributed by atoms with Crippen molar-refractivity contribution in [2.75, 3.05) is 38.9 Å². The van der Waals surface area contributed by atoms with Crippen LogP contribution in [0, 0.1) is 6.92 Å². The highest BCUT2D eigenvalue weighted by Crippen LogP contribution is 2.14. The highest BCUT2D eigenvalue weighted by molar-refractivity contribution is 5.94. The standard InChI is InChI=1S/C13H21N3O3/c1-10-9-11(3-4-12(10)16-14)13(17)15-5-6-19-8-7-18-2/h3-4,9,16H,5-8,14H2,1-2H3,(H,15,17). The Hall–Kier alpha value is -1.63. The highest BCUT2D eigenvalue weighted by atomic mass is 16.5. The van der Waals surface area contributed by atoms with Gasteiger partial charge in [0, 0.05) is 19.2 Å². The zero-order valence-corrected chi connectivity index (χ0v) is 11.4. The van der Waals surface area contributed by atoms with Gasteiger partial charge in [-0.25, -0.2) is 0 Å². The predicted octanol–water partition coefficient (Wildman–Crippen LogP) is 0.673. The van der Waals surface area contributed by atoms with Gasteiger partial charge in [-0.2, -0.15) is 0 Å². The number of methoxy groups -OCH3 is 1. The van der Waals surface area contributed by atoms with Crippen LogP contribution in [0.4, 0.5) is 5.69 Å². The number of anilines is 1. The third kappa shape index (κ3) is 5.25. The van der Waals surface area contributed by atoms with Crippen molar-refractivity contribution >= 4 is 11.6 Å². The van der Waals surface area contributed by atoms with Crippen molar-refractivity contribution in [3.8, 4) is 0 Å². The number of hydrazine groups is 1. The maximum absolute atomic E-state index is 11.8. The summed E-state index contributed by atoms with van der Waals surface area (Å²) in [5.74, 6) is 5.21. The van der Waals surface area contributed by atoms with Crippen LogP contribution in [-0.4, -0.2) is 39.4 Å². The molecule has 6 nitrogen and oxygen atoms in total. The normalized spacial score (nSPS) is 10.3. The summed E-state index contributed by atoms with van der Waals surface area (Å²) in [7, 11) is 1.62. The molecule has 1 aromatic carbocycles. The fraction of sp³-hybridized carbons (Fsp3) is 0.462. The lowest BCUT2D eigenvalue weighted by Crippen LogP contribution is -2.27. The molecular formula is C13H21N3O3. The molecule has 4 N–H and O–H groups in total. The quantitative estimate of drug-likeness (QED) is 0.366. The molecule has 0 atom stereocenters. The first-order valence-corrected chi connectivity index (χ1v) is 6.11. The fourth-order valence-electron chi connectivity index (χ4n) is 1.55. The Morgan fingerprint density at radius 1 is 1.32 bits per heavy atom. The largest absolute Gasteiger partial charge is 0.382 e. The maximum Gasteiger partial charge on any atom is 0.251 e. The molecule has 19 heavy (non-hydrogen) atoms. The molecule has 0 fully saturated rings. The summed E-state index contributed by atoms with van der Waals surface area (Å²) in [5.41, 5.74) is 4.90. The summed E-state index contributed by atoms with van der Waals surface area (Å²) < 4.78 is 10.1. The Bertz CT molecular complexity index is 410. The lowest BCUT2D eigenvalue weighted by atomic mass is 10.1. The van der Waals surface area contributed by atoms with Crippen molar-refractivity contribution < 1.29 is 14.3 Å². The SMILES string of the molecule is COCCOCCNC(=O)c1ccc(NN)c(C)c1. The Morgan fingerprint density at radius 2 is 2.11 bits per heavy atom.